The molecule has 0 saturated carbocycles. The third-order valence-corrected chi connectivity index (χ3v) is 6.84. The van der Waals surface area contributed by atoms with Crippen molar-refractivity contribution in [2.45, 2.75) is 31.5 Å². The number of aliphatic hydroxyl groups excluding tert-OH is 1. The Kier molecular flexibility index (Phi) is 7.19. The number of halogens is 2. The molecule has 0 amide bonds. The van der Waals surface area contributed by atoms with E-state index in [1.807, 2.05) is 6.07 Å². The third kappa shape index (κ3) is 5.28. The number of hydrogen-bond donors (Lipinski definition) is 2. The predicted molar refractivity (Wildman–Crippen MR) is 130 cm³/mol. The first kappa shape index (κ1) is 24.0. The lowest BCUT2D eigenvalue weighted by Crippen LogP contribution is -2.43. The number of fused-ring (bicyclic) bond motifs is 2. The Morgan fingerprint density at radius 1 is 1.17 bits per heavy atom. The molecule has 0 bridgehead atoms. The molecule has 4 heterocycles. The van der Waals surface area contributed by atoms with Gasteiger partial charge < -0.3 is 29.5 Å². The monoisotopic (exact) mass is 502 g/mol. The van der Waals surface area contributed by atoms with Crippen LogP contribution in [0.15, 0.2) is 30.6 Å². The molecule has 8 nitrogen and oxygen atoms in total. The summed E-state index contributed by atoms with van der Waals surface area (Å²) in [6.07, 6.45) is 4.09. The number of nitrogens with one attached hydrogen (secondary N) is 1. The van der Waals surface area contributed by atoms with E-state index >= 15 is 0 Å². The molecule has 0 aliphatic carbocycles. The predicted octanol–water partition coefficient (Wildman–Crippen LogP) is 3.49. The van der Waals surface area contributed by atoms with Gasteiger partial charge in [-0.1, -0.05) is 11.6 Å². The number of β-amino-alcohol motifs (C(OH)–C–C–N with tert-alkyl or cyclic N) is 1. The van der Waals surface area contributed by atoms with Gasteiger partial charge in [0.1, 0.15) is 24.5 Å². The van der Waals surface area contributed by atoms with Crippen molar-refractivity contribution in [3.05, 3.63) is 52.7 Å². The van der Waals surface area contributed by atoms with Crippen molar-refractivity contribution in [3.63, 3.8) is 0 Å². The van der Waals surface area contributed by atoms with Gasteiger partial charge in [0, 0.05) is 48.4 Å². The molecule has 1 fully saturated rings. The van der Waals surface area contributed by atoms with Crippen LogP contribution in [0.3, 0.4) is 0 Å². The maximum atomic E-state index is 14.5. The molecular weight excluding hydrogens is 475 g/mol. The first-order valence-electron chi connectivity index (χ1n) is 11.7. The van der Waals surface area contributed by atoms with Crippen LogP contribution in [-0.4, -0.2) is 66.0 Å². The smallest absolute Gasteiger partial charge is 0.179 e. The summed E-state index contributed by atoms with van der Waals surface area (Å²) in [6, 6.07) is 5.21. The molecule has 186 valence electrons. The van der Waals surface area contributed by atoms with Gasteiger partial charge in [0.25, 0.3) is 0 Å². The Morgan fingerprint density at radius 3 is 2.71 bits per heavy atom. The van der Waals surface area contributed by atoms with Crippen LogP contribution in [0, 0.1) is 5.82 Å². The minimum atomic E-state index is -0.883. The first-order chi connectivity index (χ1) is 17.0. The lowest BCUT2D eigenvalue weighted by molar-refractivity contribution is 0.0949. The number of likely N-dealkylation sites (tertiary alicyclic amines) is 1. The summed E-state index contributed by atoms with van der Waals surface area (Å²) in [7, 11) is 1.47. The van der Waals surface area contributed by atoms with Crippen molar-refractivity contribution in [3.8, 4) is 17.2 Å². The molecule has 10 heteroatoms. The van der Waals surface area contributed by atoms with Gasteiger partial charge in [-0.05, 0) is 32.0 Å². The van der Waals surface area contributed by atoms with E-state index in [-0.39, 0.29) is 5.52 Å². The van der Waals surface area contributed by atoms with Gasteiger partial charge in [0.05, 0.1) is 30.1 Å². The van der Waals surface area contributed by atoms with E-state index in [0.717, 1.165) is 37.4 Å². The maximum absolute atomic E-state index is 14.5. The van der Waals surface area contributed by atoms with Gasteiger partial charge in [-0.15, -0.1) is 0 Å². The van der Waals surface area contributed by atoms with Gasteiger partial charge in [-0.3, -0.25) is 9.97 Å². The molecule has 2 aliphatic rings. The summed E-state index contributed by atoms with van der Waals surface area (Å²) >= 11 is 6.39. The second-order valence-corrected chi connectivity index (χ2v) is 9.22. The highest BCUT2D eigenvalue weighted by molar-refractivity contribution is 6.32. The number of rotatable bonds is 7. The van der Waals surface area contributed by atoms with Gasteiger partial charge in [0.15, 0.2) is 17.3 Å². The Morgan fingerprint density at radius 2 is 1.94 bits per heavy atom. The zero-order valence-electron chi connectivity index (χ0n) is 19.5. The van der Waals surface area contributed by atoms with Crippen LogP contribution in [-0.2, 0) is 6.54 Å². The molecule has 3 aromatic rings. The molecule has 0 spiro atoms. The van der Waals surface area contributed by atoms with Crippen LogP contribution >= 0.6 is 11.6 Å². The Hall–Kier alpha value is -2.72. The van der Waals surface area contributed by atoms with Gasteiger partial charge in [-0.25, -0.2) is 4.39 Å². The molecule has 1 aromatic carbocycles. The second kappa shape index (κ2) is 10.5. The van der Waals surface area contributed by atoms with Gasteiger partial charge in [0.2, 0.25) is 0 Å². The van der Waals surface area contributed by atoms with E-state index in [0.29, 0.717) is 59.8 Å². The Bertz CT molecular complexity index is 1210. The SMILES string of the molecule is COc1cc(F)c2ncc(Cl)c([C@@H](O)CN3CCC(NCc4cc5c(cn4)OCCO5)CC3)c2c1. The Labute approximate surface area is 208 Å². The van der Waals surface area contributed by atoms with Crippen LogP contribution in [0.25, 0.3) is 10.9 Å². The average molecular weight is 503 g/mol. The lowest BCUT2D eigenvalue weighted by Gasteiger charge is -2.34. The van der Waals surface area contributed by atoms with Crippen LogP contribution in [0.1, 0.15) is 30.2 Å². The molecule has 2 aromatic heterocycles. The number of methoxy groups -OCH3 is 1. The van der Waals surface area contributed by atoms with Crippen LogP contribution < -0.4 is 19.5 Å². The van der Waals surface area contributed by atoms with Crippen molar-refractivity contribution < 1.29 is 23.7 Å². The summed E-state index contributed by atoms with van der Waals surface area (Å²) < 4.78 is 30.8. The standard InChI is InChI=1S/C25H28ClFN4O4/c1-33-17-9-18-24(19(26)12-30-25(18)20(27)10-17)21(32)14-31-4-2-15(3-5-31)28-11-16-8-22-23(13-29-16)35-7-6-34-22/h8-10,12-13,15,21,28,32H,2-7,11,14H2,1H3/t21-/m0/s1. The molecule has 2 N–H and O–H groups in total. The summed E-state index contributed by atoms with van der Waals surface area (Å²) in [5, 5.41) is 15.4. The van der Waals surface area contributed by atoms with E-state index in [1.54, 1.807) is 12.3 Å². The van der Waals surface area contributed by atoms with Crippen LogP contribution in [0.4, 0.5) is 4.39 Å². The van der Waals surface area contributed by atoms with E-state index in [2.05, 4.69) is 20.2 Å². The first-order valence-corrected chi connectivity index (χ1v) is 12.1. The number of aliphatic hydroxyl groups is 1. The van der Waals surface area contributed by atoms with Crippen molar-refractivity contribution >= 4 is 22.5 Å². The largest absolute Gasteiger partial charge is 0.497 e. The number of nitrogens with zero attached hydrogens (tertiary/aromatic N) is 3. The van der Waals surface area contributed by atoms with Crippen LogP contribution in [0.5, 0.6) is 17.2 Å². The molecule has 5 rings (SSSR count). The number of ether oxygens (including phenoxy) is 3. The summed E-state index contributed by atoms with van der Waals surface area (Å²) in [5.41, 5.74) is 1.55. The highest BCUT2D eigenvalue weighted by Crippen LogP contribution is 2.34. The summed E-state index contributed by atoms with van der Waals surface area (Å²) in [4.78, 5) is 10.8. The number of pyridine rings is 2. The van der Waals surface area contributed by atoms with E-state index in [9.17, 15) is 9.50 Å². The number of piperidine rings is 1. The summed E-state index contributed by atoms with van der Waals surface area (Å²) in [6.45, 7) is 3.79. The third-order valence-electron chi connectivity index (χ3n) is 6.54. The van der Waals surface area contributed by atoms with Crippen molar-refractivity contribution in [1.29, 1.82) is 0 Å². The van der Waals surface area contributed by atoms with E-state index < -0.39 is 11.9 Å². The average Bonchev–Trinajstić information content (AvgIpc) is 2.87. The molecule has 1 saturated heterocycles. The second-order valence-electron chi connectivity index (χ2n) is 8.82. The molecular formula is C25H28ClFN4O4. The summed E-state index contributed by atoms with van der Waals surface area (Å²) in [5.74, 6) is 1.28. The molecule has 2 aliphatic heterocycles. The molecule has 35 heavy (non-hydrogen) atoms. The van der Waals surface area contributed by atoms with Gasteiger partial charge >= 0.3 is 0 Å². The molecule has 0 radical (unpaired) electrons. The molecule has 0 unspecified atom stereocenters. The minimum Gasteiger partial charge on any atom is -0.497 e. The number of hydrogen-bond acceptors (Lipinski definition) is 8. The highest BCUT2D eigenvalue weighted by Gasteiger charge is 2.25. The maximum Gasteiger partial charge on any atom is 0.179 e. The topological polar surface area (TPSA) is 89.0 Å². The lowest BCUT2D eigenvalue weighted by atomic mass is 10.0. The fourth-order valence-electron chi connectivity index (χ4n) is 4.68. The number of benzene rings is 1. The minimum absolute atomic E-state index is 0.167. The quantitative estimate of drug-likeness (QED) is 0.507. The number of aromatic nitrogens is 2. The fraction of sp³-hybridized carbons (Fsp3) is 0.440. The van der Waals surface area contributed by atoms with Crippen molar-refractivity contribution in [2.24, 2.45) is 0 Å². The van der Waals surface area contributed by atoms with Crippen LogP contribution in [0.2, 0.25) is 5.02 Å². The van der Waals surface area contributed by atoms with Gasteiger partial charge in [-0.2, -0.15) is 0 Å². The van der Waals surface area contributed by atoms with Crippen molar-refractivity contribution in [2.75, 3.05) is 40.0 Å². The highest BCUT2D eigenvalue weighted by atomic mass is 35.5. The zero-order valence-corrected chi connectivity index (χ0v) is 20.2. The van der Waals surface area contributed by atoms with Crippen molar-refractivity contribution in [1.82, 2.24) is 20.2 Å². The van der Waals surface area contributed by atoms with E-state index in [1.165, 1.54) is 19.4 Å². The Balaban J connectivity index is 1.18. The zero-order chi connectivity index (χ0) is 24.4. The molecule has 1 atom stereocenters. The van der Waals surface area contributed by atoms with E-state index in [4.69, 9.17) is 25.8 Å². The fourth-order valence-corrected chi connectivity index (χ4v) is 4.95. The normalized spacial score (nSPS) is 17.5.